The average molecular weight is 329 g/mol. The quantitative estimate of drug-likeness (QED) is 0.908. The van der Waals surface area contributed by atoms with E-state index in [0.717, 1.165) is 27.1 Å². The van der Waals surface area contributed by atoms with Crippen molar-refractivity contribution in [1.29, 1.82) is 0 Å². The molecule has 0 aliphatic carbocycles. The summed E-state index contributed by atoms with van der Waals surface area (Å²) in [5.74, 6) is 0. The summed E-state index contributed by atoms with van der Waals surface area (Å²) < 4.78 is 2.83. The van der Waals surface area contributed by atoms with Crippen LogP contribution >= 0.6 is 27.5 Å². The number of hydrogen-bond acceptors (Lipinski definition) is 2. The highest BCUT2D eigenvalue weighted by Gasteiger charge is 2.12. The predicted octanol–water partition coefficient (Wildman–Crippen LogP) is 3.92. The smallest absolute Gasteiger partial charge is 0.0848 e. The summed E-state index contributed by atoms with van der Waals surface area (Å²) in [7, 11) is 0. The van der Waals surface area contributed by atoms with E-state index in [9.17, 15) is 0 Å². The zero-order valence-corrected chi connectivity index (χ0v) is 12.9. The van der Waals surface area contributed by atoms with Gasteiger partial charge in [0, 0.05) is 10.5 Å². The molecule has 2 aromatic rings. The van der Waals surface area contributed by atoms with Gasteiger partial charge in [-0.2, -0.15) is 5.10 Å². The highest BCUT2D eigenvalue weighted by molar-refractivity contribution is 9.10. The van der Waals surface area contributed by atoms with Gasteiger partial charge in [0.05, 0.1) is 22.1 Å². The van der Waals surface area contributed by atoms with Crippen LogP contribution in [0, 0.1) is 13.8 Å². The summed E-state index contributed by atoms with van der Waals surface area (Å²) in [6.07, 6.45) is 0. The first-order chi connectivity index (χ1) is 8.41. The molecule has 1 aromatic carbocycles. The molecule has 0 fully saturated rings. The Morgan fingerprint density at radius 1 is 1.39 bits per heavy atom. The maximum Gasteiger partial charge on any atom is 0.0848 e. The summed E-state index contributed by atoms with van der Waals surface area (Å²) in [6, 6.07) is 6.01. The summed E-state index contributed by atoms with van der Waals surface area (Å²) in [5.41, 5.74) is 9.71. The minimum absolute atomic E-state index is 0.00234. The molecule has 0 aliphatic rings. The van der Waals surface area contributed by atoms with E-state index in [2.05, 4.69) is 21.0 Å². The Hall–Kier alpha value is -0.840. The second-order valence-electron chi connectivity index (χ2n) is 4.39. The second kappa shape index (κ2) is 5.03. The molecular weight excluding hydrogens is 314 g/mol. The molecule has 0 aliphatic heterocycles. The van der Waals surface area contributed by atoms with Crippen LogP contribution in [-0.4, -0.2) is 9.78 Å². The molecule has 1 atom stereocenters. The van der Waals surface area contributed by atoms with E-state index in [0.29, 0.717) is 5.02 Å². The second-order valence-corrected chi connectivity index (χ2v) is 5.62. The van der Waals surface area contributed by atoms with Crippen molar-refractivity contribution in [2.45, 2.75) is 26.8 Å². The first-order valence-corrected chi connectivity index (χ1v) is 6.86. The van der Waals surface area contributed by atoms with E-state index >= 15 is 0 Å². The molecule has 0 saturated carbocycles. The third kappa shape index (κ3) is 2.32. The molecule has 3 nitrogen and oxygen atoms in total. The Labute approximate surface area is 120 Å². The summed E-state index contributed by atoms with van der Waals surface area (Å²) in [4.78, 5) is 0. The van der Waals surface area contributed by atoms with Crippen LogP contribution in [0.1, 0.15) is 29.9 Å². The molecule has 1 unspecified atom stereocenters. The number of aromatic nitrogens is 2. The molecule has 0 amide bonds. The lowest BCUT2D eigenvalue weighted by atomic mass is 10.1. The zero-order chi connectivity index (χ0) is 13.4. The Kier molecular flexibility index (Phi) is 3.80. The standard InChI is InChI=1S/C13H15BrClN3/c1-7(16)11-5-4-10(6-12(11)14)18-9(3)13(15)8(2)17-18/h4-7H,16H2,1-3H3. The number of nitrogens with zero attached hydrogens (tertiary/aromatic N) is 2. The van der Waals surface area contributed by atoms with Crippen molar-refractivity contribution in [3.8, 4) is 5.69 Å². The predicted molar refractivity (Wildman–Crippen MR) is 78.4 cm³/mol. The zero-order valence-electron chi connectivity index (χ0n) is 10.5. The van der Waals surface area contributed by atoms with Gasteiger partial charge in [-0.05, 0) is 38.5 Å². The Balaban J connectivity index is 2.52. The lowest BCUT2D eigenvalue weighted by Gasteiger charge is -2.11. The van der Waals surface area contributed by atoms with Crippen molar-refractivity contribution in [2.75, 3.05) is 0 Å². The largest absolute Gasteiger partial charge is 0.324 e. The maximum atomic E-state index is 6.15. The van der Waals surface area contributed by atoms with Crippen LogP contribution in [0.2, 0.25) is 5.02 Å². The number of rotatable bonds is 2. The Bertz CT molecular complexity index is 590. The van der Waals surface area contributed by atoms with E-state index in [4.69, 9.17) is 17.3 Å². The van der Waals surface area contributed by atoms with Crippen LogP contribution in [0.15, 0.2) is 22.7 Å². The highest BCUT2D eigenvalue weighted by atomic mass is 79.9. The van der Waals surface area contributed by atoms with E-state index in [-0.39, 0.29) is 6.04 Å². The summed E-state index contributed by atoms with van der Waals surface area (Å²) in [6.45, 7) is 5.81. The fraction of sp³-hybridized carbons (Fsp3) is 0.308. The van der Waals surface area contributed by atoms with Gasteiger partial charge in [0.2, 0.25) is 0 Å². The molecule has 0 bridgehead atoms. The normalized spacial score (nSPS) is 12.8. The number of hydrogen-bond donors (Lipinski definition) is 1. The van der Waals surface area contributed by atoms with Crippen molar-refractivity contribution in [3.05, 3.63) is 44.6 Å². The lowest BCUT2D eigenvalue weighted by Crippen LogP contribution is -2.07. The van der Waals surface area contributed by atoms with Crippen molar-refractivity contribution in [3.63, 3.8) is 0 Å². The first-order valence-electron chi connectivity index (χ1n) is 5.69. The van der Waals surface area contributed by atoms with Crippen molar-refractivity contribution >= 4 is 27.5 Å². The minimum Gasteiger partial charge on any atom is -0.324 e. The van der Waals surface area contributed by atoms with Gasteiger partial charge in [-0.25, -0.2) is 4.68 Å². The molecule has 5 heteroatoms. The average Bonchev–Trinajstić information content (AvgIpc) is 2.56. The highest BCUT2D eigenvalue weighted by Crippen LogP contribution is 2.27. The molecular formula is C13H15BrClN3. The Morgan fingerprint density at radius 2 is 2.06 bits per heavy atom. The van der Waals surface area contributed by atoms with Crippen LogP contribution in [0.3, 0.4) is 0 Å². The monoisotopic (exact) mass is 327 g/mol. The van der Waals surface area contributed by atoms with Gasteiger partial charge < -0.3 is 5.73 Å². The van der Waals surface area contributed by atoms with Crippen LogP contribution < -0.4 is 5.73 Å². The van der Waals surface area contributed by atoms with Gasteiger partial charge in [0.25, 0.3) is 0 Å². The van der Waals surface area contributed by atoms with E-state index in [1.807, 2.05) is 43.7 Å². The number of aryl methyl sites for hydroxylation is 1. The molecule has 0 saturated heterocycles. The molecule has 96 valence electrons. The van der Waals surface area contributed by atoms with Gasteiger partial charge in [-0.1, -0.05) is 33.6 Å². The van der Waals surface area contributed by atoms with Crippen molar-refractivity contribution in [1.82, 2.24) is 9.78 Å². The summed E-state index contributed by atoms with van der Waals surface area (Å²) >= 11 is 9.70. The SMILES string of the molecule is Cc1nn(-c2ccc(C(C)N)c(Br)c2)c(C)c1Cl. The fourth-order valence-electron chi connectivity index (χ4n) is 1.89. The van der Waals surface area contributed by atoms with Crippen LogP contribution in [0.25, 0.3) is 5.69 Å². The molecule has 2 rings (SSSR count). The van der Waals surface area contributed by atoms with Gasteiger partial charge in [0.1, 0.15) is 0 Å². The first kappa shape index (κ1) is 13.6. The van der Waals surface area contributed by atoms with Crippen LogP contribution in [-0.2, 0) is 0 Å². The number of nitrogens with two attached hydrogens (primary N) is 1. The van der Waals surface area contributed by atoms with Crippen LogP contribution in [0.4, 0.5) is 0 Å². The third-order valence-electron chi connectivity index (χ3n) is 2.92. The molecule has 2 N–H and O–H groups in total. The topological polar surface area (TPSA) is 43.8 Å². The third-order valence-corrected chi connectivity index (χ3v) is 4.16. The maximum absolute atomic E-state index is 6.15. The molecule has 1 aromatic heterocycles. The molecule has 0 spiro atoms. The van der Waals surface area contributed by atoms with Crippen molar-refractivity contribution in [2.24, 2.45) is 5.73 Å². The Morgan fingerprint density at radius 3 is 2.50 bits per heavy atom. The van der Waals surface area contributed by atoms with E-state index in [1.54, 1.807) is 0 Å². The fourth-order valence-corrected chi connectivity index (χ4v) is 2.74. The number of halogens is 2. The van der Waals surface area contributed by atoms with Gasteiger partial charge in [-0.15, -0.1) is 0 Å². The van der Waals surface area contributed by atoms with Crippen molar-refractivity contribution < 1.29 is 0 Å². The minimum atomic E-state index is -0.00234. The van der Waals surface area contributed by atoms with Crippen LogP contribution in [0.5, 0.6) is 0 Å². The van der Waals surface area contributed by atoms with Gasteiger partial charge in [-0.3, -0.25) is 0 Å². The molecule has 0 radical (unpaired) electrons. The molecule has 18 heavy (non-hydrogen) atoms. The summed E-state index contributed by atoms with van der Waals surface area (Å²) in [5, 5.41) is 5.14. The van der Waals surface area contributed by atoms with E-state index < -0.39 is 0 Å². The number of benzene rings is 1. The molecule has 1 heterocycles. The van der Waals surface area contributed by atoms with E-state index in [1.165, 1.54) is 0 Å². The lowest BCUT2D eigenvalue weighted by molar-refractivity contribution is 0.803. The van der Waals surface area contributed by atoms with Gasteiger partial charge >= 0.3 is 0 Å². The van der Waals surface area contributed by atoms with Gasteiger partial charge in [0.15, 0.2) is 0 Å².